The smallest absolute Gasteiger partial charge is 0.201 e. The van der Waals surface area contributed by atoms with Crippen LogP contribution in [0.2, 0.25) is 0 Å². The number of benzene rings is 1. The summed E-state index contributed by atoms with van der Waals surface area (Å²) in [6, 6.07) is 4.15. The highest BCUT2D eigenvalue weighted by Crippen LogP contribution is 2.31. The Morgan fingerprint density at radius 3 is 2.71 bits per heavy atom. The quantitative estimate of drug-likeness (QED) is 0.809. The van der Waals surface area contributed by atoms with Crippen molar-refractivity contribution in [1.82, 2.24) is 10.3 Å². The summed E-state index contributed by atoms with van der Waals surface area (Å²) in [7, 11) is 0. The summed E-state index contributed by atoms with van der Waals surface area (Å²) in [5, 5.41) is 3.15. The van der Waals surface area contributed by atoms with E-state index in [0.29, 0.717) is 16.8 Å². The summed E-state index contributed by atoms with van der Waals surface area (Å²) in [4.78, 5) is 4.19. The molecule has 1 aromatic heterocycles. The second-order valence-electron chi connectivity index (χ2n) is 4.52. The predicted molar refractivity (Wildman–Crippen MR) is 80.5 cm³/mol. The van der Waals surface area contributed by atoms with Crippen LogP contribution in [0.1, 0.15) is 18.2 Å². The van der Waals surface area contributed by atoms with Crippen LogP contribution in [0.3, 0.4) is 0 Å². The molecule has 0 bridgehead atoms. The van der Waals surface area contributed by atoms with Crippen molar-refractivity contribution in [1.29, 1.82) is 0 Å². The normalized spacial score (nSPS) is 10.7. The first-order valence-electron chi connectivity index (χ1n) is 6.50. The minimum absolute atomic E-state index is 0.162. The minimum Gasteiger partial charge on any atom is -0.454 e. The first-order chi connectivity index (χ1) is 10.0. The van der Waals surface area contributed by atoms with Crippen molar-refractivity contribution in [2.45, 2.75) is 20.4 Å². The highest BCUT2D eigenvalue weighted by molar-refractivity contribution is 9.10. The summed E-state index contributed by atoms with van der Waals surface area (Å²) in [5.41, 5.74) is 1.52. The Bertz CT molecular complexity index is 650. The van der Waals surface area contributed by atoms with Crippen molar-refractivity contribution < 1.29 is 13.5 Å². The van der Waals surface area contributed by atoms with Crippen molar-refractivity contribution in [3.63, 3.8) is 0 Å². The van der Waals surface area contributed by atoms with Crippen LogP contribution < -0.4 is 10.1 Å². The number of rotatable bonds is 5. The number of hydrogen-bond acceptors (Lipinski definition) is 3. The van der Waals surface area contributed by atoms with Crippen LogP contribution in [-0.2, 0) is 6.54 Å². The van der Waals surface area contributed by atoms with E-state index in [4.69, 9.17) is 4.74 Å². The molecule has 0 saturated carbocycles. The number of hydrogen-bond donors (Lipinski definition) is 1. The molecule has 21 heavy (non-hydrogen) atoms. The molecular weight excluding hydrogens is 342 g/mol. The largest absolute Gasteiger partial charge is 0.454 e. The molecule has 1 aromatic carbocycles. The third kappa shape index (κ3) is 3.98. The van der Waals surface area contributed by atoms with Crippen LogP contribution in [0.15, 0.2) is 28.9 Å². The molecule has 0 saturated heterocycles. The van der Waals surface area contributed by atoms with Gasteiger partial charge in [0.25, 0.3) is 0 Å². The van der Waals surface area contributed by atoms with Crippen molar-refractivity contribution in [3.8, 4) is 11.5 Å². The van der Waals surface area contributed by atoms with Gasteiger partial charge in [0.15, 0.2) is 11.6 Å². The molecule has 6 heteroatoms. The van der Waals surface area contributed by atoms with Gasteiger partial charge in [0, 0.05) is 34.5 Å². The van der Waals surface area contributed by atoms with Crippen LogP contribution in [0.4, 0.5) is 8.78 Å². The number of ether oxygens (including phenoxy) is 1. The van der Waals surface area contributed by atoms with Gasteiger partial charge in [-0.05, 0) is 25.6 Å². The lowest BCUT2D eigenvalue weighted by atomic mass is 10.2. The maximum absolute atomic E-state index is 13.8. The standard InChI is InChI=1S/C15H15BrF2N2O/c1-3-19-7-10-8-20-9(2)4-13(10)21-14-6-11(16)5-12(17)15(14)18/h4-6,8,19H,3,7H2,1-2H3. The molecule has 1 N–H and O–H groups in total. The first kappa shape index (κ1) is 15.9. The Hall–Kier alpha value is -1.53. The number of nitrogens with zero attached hydrogens (tertiary/aromatic N) is 1. The highest BCUT2D eigenvalue weighted by atomic mass is 79.9. The lowest BCUT2D eigenvalue weighted by molar-refractivity contribution is 0.410. The van der Waals surface area contributed by atoms with Gasteiger partial charge in [-0.1, -0.05) is 22.9 Å². The van der Waals surface area contributed by atoms with Crippen molar-refractivity contribution in [2.24, 2.45) is 0 Å². The fourth-order valence-electron chi connectivity index (χ4n) is 1.78. The molecular formula is C15H15BrF2N2O. The number of halogens is 3. The number of pyridine rings is 1. The molecule has 2 aromatic rings. The van der Waals surface area contributed by atoms with Crippen LogP contribution >= 0.6 is 15.9 Å². The predicted octanol–water partition coefficient (Wildman–Crippen LogP) is 4.33. The second kappa shape index (κ2) is 6.95. The van der Waals surface area contributed by atoms with Crippen LogP contribution in [0, 0.1) is 18.6 Å². The van der Waals surface area contributed by atoms with E-state index in [9.17, 15) is 8.78 Å². The zero-order valence-corrected chi connectivity index (χ0v) is 13.3. The summed E-state index contributed by atoms with van der Waals surface area (Å²) in [6.45, 7) is 5.11. The molecule has 1 heterocycles. The number of nitrogens with one attached hydrogen (secondary N) is 1. The van der Waals surface area contributed by atoms with Gasteiger partial charge in [-0.15, -0.1) is 0 Å². The summed E-state index contributed by atoms with van der Waals surface area (Å²) >= 11 is 3.12. The van der Waals surface area contributed by atoms with Gasteiger partial charge in [0.05, 0.1) is 0 Å². The monoisotopic (exact) mass is 356 g/mol. The van der Waals surface area contributed by atoms with Crippen LogP contribution in [0.5, 0.6) is 11.5 Å². The maximum Gasteiger partial charge on any atom is 0.201 e. The number of aryl methyl sites for hydroxylation is 1. The molecule has 0 fully saturated rings. The van der Waals surface area contributed by atoms with E-state index in [1.54, 1.807) is 12.3 Å². The van der Waals surface area contributed by atoms with E-state index in [0.717, 1.165) is 23.9 Å². The van der Waals surface area contributed by atoms with E-state index in [-0.39, 0.29) is 5.75 Å². The lowest BCUT2D eigenvalue weighted by Gasteiger charge is -2.13. The molecule has 0 atom stereocenters. The van der Waals surface area contributed by atoms with E-state index in [2.05, 4.69) is 26.2 Å². The highest BCUT2D eigenvalue weighted by Gasteiger charge is 2.14. The van der Waals surface area contributed by atoms with Crippen LogP contribution in [0.25, 0.3) is 0 Å². The van der Waals surface area contributed by atoms with Crippen molar-refractivity contribution in [3.05, 3.63) is 51.8 Å². The first-order valence-corrected chi connectivity index (χ1v) is 7.29. The molecule has 0 aliphatic carbocycles. The van der Waals surface area contributed by atoms with Crippen LogP contribution in [-0.4, -0.2) is 11.5 Å². The summed E-state index contributed by atoms with van der Waals surface area (Å²) in [5.74, 6) is -1.68. The minimum atomic E-state index is -1.01. The molecule has 2 rings (SSSR count). The maximum atomic E-state index is 13.8. The Kier molecular flexibility index (Phi) is 5.25. The van der Waals surface area contributed by atoms with Crippen molar-refractivity contribution in [2.75, 3.05) is 6.54 Å². The van der Waals surface area contributed by atoms with Gasteiger partial charge >= 0.3 is 0 Å². The Morgan fingerprint density at radius 1 is 1.24 bits per heavy atom. The second-order valence-corrected chi connectivity index (χ2v) is 5.43. The van der Waals surface area contributed by atoms with Gasteiger partial charge in [0.1, 0.15) is 5.75 Å². The third-order valence-electron chi connectivity index (χ3n) is 2.83. The van der Waals surface area contributed by atoms with E-state index in [1.165, 1.54) is 6.07 Å². The van der Waals surface area contributed by atoms with Gasteiger partial charge in [-0.3, -0.25) is 4.98 Å². The van der Waals surface area contributed by atoms with Gasteiger partial charge < -0.3 is 10.1 Å². The average molecular weight is 357 g/mol. The summed E-state index contributed by atoms with van der Waals surface area (Å²) in [6.07, 6.45) is 1.67. The lowest BCUT2D eigenvalue weighted by Crippen LogP contribution is -2.13. The Labute approximate surface area is 130 Å². The van der Waals surface area contributed by atoms with Gasteiger partial charge in [0.2, 0.25) is 5.82 Å². The number of aromatic nitrogens is 1. The third-order valence-corrected chi connectivity index (χ3v) is 3.28. The zero-order valence-electron chi connectivity index (χ0n) is 11.7. The molecule has 0 aliphatic rings. The van der Waals surface area contributed by atoms with E-state index >= 15 is 0 Å². The molecule has 3 nitrogen and oxygen atoms in total. The average Bonchev–Trinajstić information content (AvgIpc) is 2.43. The SMILES string of the molecule is CCNCc1cnc(C)cc1Oc1cc(Br)cc(F)c1F. The fourth-order valence-corrected chi connectivity index (χ4v) is 2.18. The molecule has 0 aliphatic heterocycles. The topological polar surface area (TPSA) is 34.2 Å². The summed E-state index contributed by atoms with van der Waals surface area (Å²) < 4.78 is 33.2. The van der Waals surface area contributed by atoms with E-state index < -0.39 is 11.6 Å². The van der Waals surface area contributed by atoms with E-state index in [1.807, 2.05) is 13.8 Å². The molecule has 112 valence electrons. The van der Waals surface area contributed by atoms with Gasteiger partial charge in [-0.2, -0.15) is 4.39 Å². The van der Waals surface area contributed by atoms with Gasteiger partial charge in [-0.25, -0.2) is 4.39 Å². The molecule has 0 unspecified atom stereocenters. The molecule has 0 radical (unpaired) electrons. The Morgan fingerprint density at radius 2 is 2.00 bits per heavy atom. The Balaban J connectivity index is 2.36. The van der Waals surface area contributed by atoms with Crippen molar-refractivity contribution >= 4 is 15.9 Å². The molecule has 0 spiro atoms. The molecule has 0 amide bonds. The fraction of sp³-hybridized carbons (Fsp3) is 0.267. The zero-order chi connectivity index (χ0) is 15.4.